The van der Waals surface area contributed by atoms with Crippen LogP contribution in [-0.4, -0.2) is 16.6 Å². The molecule has 0 saturated heterocycles. The number of phenols is 1. The van der Waals surface area contributed by atoms with Crippen molar-refractivity contribution >= 4 is 10.9 Å². The highest BCUT2D eigenvalue weighted by Gasteiger charge is 2.11. The van der Waals surface area contributed by atoms with Gasteiger partial charge in [-0.2, -0.15) is 0 Å². The van der Waals surface area contributed by atoms with Crippen molar-refractivity contribution < 1.29 is 5.11 Å². The molecule has 3 nitrogen and oxygen atoms in total. The summed E-state index contributed by atoms with van der Waals surface area (Å²) in [5.74, 6) is 0.343. The van der Waals surface area contributed by atoms with Crippen molar-refractivity contribution in [1.82, 2.24) is 4.98 Å². The van der Waals surface area contributed by atoms with Crippen LogP contribution in [0.4, 0.5) is 0 Å². The number of benzene rings is 1. The topological polar surface area (TPSA) is 62.0 Å². The highest BCUT2D eigenvalue weighted by atomic mass is 16.3. The first-order valence-corrected chi connectivity index (χ1v) is 5.15. The standard InChI is InChI=1S/C12H16N2O/c1-7-8(2)14-10-3-4-11(15)9(5-6-13)12(7)10/h3-4,14-15H,5-6,13H2,1-2H3. The fraction of sp³-hybridized carbons (Fsp3) is 0.333. The van der Waals surface area contributed by atoms with E-state index in [0.29, 0.717) is 18.7 Å². The van der Waals surface area contributed by atoms with Crippen LogP contribution >= 0.6 is 0 Å². The number of aromatic hydroxyl groups is 1. The Balaban J connectivity index is 2.78. The molecule has 0 atom stereocenters. The lowest BCUT2D eigenvalue weighted by atomic mass is 10.0. The molecule has 1 aromatic carbocycles. The number of hydrogen-bond donors (Lipinski definition) is 3. The maximum Gasteiger partial charge on any atom is 0.119 e. The van der Waals surface area contributed by atoms with E-state index in [-0.39, 0.29) is 0 Å². The van der Waals surface area contributed by atoms with Gasteiger partial charge in [-0.15, -0.1) is 0 Å². The number of nitrogens with two attached hydrogens (primary N) is 1. The first-order valence-electron chi connectivity index (χ1n) is 5.15. The van der Waals surface area contributed by atoms with Crippen molar-refractivity contribution in [2.45, 2.75) is 20.3 Å². The van der Waals surface area contributed by atoms with Crippen LogP contribution in [0.1, 0.15) is 16.8 Å². The summed E-state index contributed by atoms with van der Waals surface area (Å²) >= 11 is 0. The van der Waals surface area contributed by atoms with Gasteiger partial charge >= 0.3 is 0 Å². The molecule has 80 valence electrons. The van der Waals surface area contributed by atoms with Crippen LogP contribution in [0.5, 0.6) is 5.75 Å². The van der Waals surface area contributed by atoms with E-state index < -0.39 is 0 Å². The summed E-state index contributed by atoms with van der Waals surface area (Å²) in [5, 5.41) is 10.9. The predicted octanol–water partition coefficient (Wildman–Crippen LogP) is 1.99. The lowest BCUT2D eigenvalue weighted by molar-refractivity contribution is 0.469. The van der Waals surface area contributed by atoms with Crippen molar-refractivity contribution in [1.29, 1.82) is 0 Å². The number of aryl methyl sites for hydroxylation is 2. The van der Waals surface area contributed by atoms with Gasteiger partial charge in [0.2, 0.25) is 0 Å². The van der Waals surface area contributed by atoms with Crippen LogP contribution in [-0.2, 0) is 6.42 Å². The Morgan fingerprint density at radius 3 is 2.73 bits per heavy atom. The molecule has 2 aromatic rings. The third-order valence-electron chi connectivity index (χ3n) is 2.94. The number of rotatable bonds is 2. The Labute approximate surface area is 88.9 Å². The summed E-state index contributed by atoms with van der Waals surface area (Å²) in [4.78, 5) is 3.30. The highest BCUT2D eigenvalue weighted by Crippen LogP contribution is 2.31. The van der Waals surface area contributed by atoms with Crippen LogP contribution in [0, 0.1) is 13.8 Å². The third kappa shape index (κ3) is 1.49. The average molecular weight is 204 g/mol. The summed E-state index contributed by atoms with van der Waals surface area (Å²) in [6.07, 6.45) is 0.710. The van der Waals surface area contributed by atoms with Crippen LogP contribution in [0.15, 0.2) is 12.1 Å². The van der Waals surface area contributed by atoms with Gasteiger partial charge in [-0.3, -0.25) is 0 Å². The minimum Gasteiger partial charge on any atom is -0.508 e. The fourth-order valence-electron chi connectivity index (χ4n) is 2.05. The largest absolute Gasteiger partial charge is 0.508 e. The molecule has 4 N–H and O–H groups in total. The van der Waals surface area contributed by atoms with E-state index in [1.54, 1.807) is 6.07 Å². The van der Waals surface area contributed by atoms with Crippen LogP contribution in [0.3, 0.4) is 0 Å². The van der Waals surface area contributed by atoms with E-state index in [2.05, 4.69) is 11.9 Å². The molecule has 0 aliphatic carbocycles. The third-order valence-corrected chi connectivity index (χ3v) is 2.94. The second kappa shape index (κ2) is 3.59. The van der Waals surface area contributed by atoms with Crippen LogP contribution in [0.2, 0.25) is 0 Å². The van der Waals surface area contributed by atoms with Gasteiger partial charge in [0.05, 0.1) is 0 Å². The molecule has 0 amide bonds. The number of nitrogens with one attached hydrogen (secondary N) is 1. The molecule has 0 spiro atoms. The van der Waals surface area contributed by atoms with Crippen molar-refractivity contribution in [3.05, 3.63) is 29.0 Å². The monoisotopic (exact) mass is 204 g/mol. The van der Waals surface area contributed by atoms with Crippen molar-refractivity contribution in [3.8, 4) is 5.75 Å². The van der Waals surface area contributed by atoms with Gasteiger partial charge in [-0.25, -0.2) is 0 Å². The van der Waals surface area contributed by atoms with E-state index in [9.17, 15) is 5.11 Å². The molecule has 0 aliphatic rings. The molecule has 2 rings (SSSR count). The molecule has 0 fully saturated rings. The molecule has 1 aromatic heterocycles. The molecule has 1 heterocycles. The van der Waals surface area contributed by atoms with Crippen molar-refractivity contribution in [2.24, 2.45) is 5.73 Å². The number of hydrogen-bond acceptors (Lipinski definition) is 2. The summed E-state index contributed by atoms with van der Waals surface area (Å²) < 4.78 is 0. The first-order chi connectivity index (χ1) is 7.15. The van der Waals surface area contributed by atoms with Gasteiger partial charge in [0, 0.05) is 22.2 Å². The number of aromatic amines is 1. The molecular weight excluding hydrogens is 188 g/mol. The Bertz CT molecular complexity index is 500. The van der Waals surface area contributed by atoms with E-state index in [1.807, 2.05) is 13.0 Å². The molecule has 0 bridgehead atoms. The number of phenolic OH excluding ortho intramolecular Hbond substituents is 1. The second-order valence-electron chi connectivity index (χ2n) is 3.90. The van der Waals surface area contributed by atoms with Crippen molar-refractivity contribution in [3.63, 3.8) is 0 Å². The van der Waals surface area contributed by atoms with Crippen molar-refractivity contribution in [2.75, 3.05) is 6.54 Å². The van der Waals surface area contributed by atoms with Gasteiger partial charge in [0.1, 0.15) is 5.75 Å². The smallest absolute Gasteiger partial charge is 0.119 e. The highest BCUT2D eigenvalue weighted by molar-refractivity contribution is 5.89. The SMILES string of the molecule is Cc1[nH]c2ccc(O)c(CCN)c2c1C. The Hall–Kier alpha value is -1.48. The Morgan fingerprint density at radius 1 is 1.33 bits per heavy atom. The minimum absolute atomic E-state index is 0.343. The quantitative estimate of drug-likeness (QED) is 0.700. The fourth-order valence-corrected chi connectivity index (χ4v) is 2.05. The minimum atomic E-state index is 0.343. The zero-order chi connectivity index (χ0) is 11.0. The Kier molecular flexibility index (Phi) is 2.40. The van der Waals surface area contributed by atoms with Crippen LogP contribution < -0.4 is 5.73 Å². The van der Waals surface area contributed by atoms with Gasteiger partial charge in [-0.05, 0) is 44.5 Å². The summed E-state index contributed by atoms with van der Waals surface area (Å²) in [5.41, 5.74) is 9.93. The van der Waals surface area contributed by atoms with Gasteiger partial charge in [0.25, 0.3) is 0 Å². The lowest BCUT2D eigenvalue weighted by Crippen LogP contribution is -2.03. The normalized spacial score (nSPS) is 11.1. The lowest BCUT2D eigenvalue weighted by Gasteiger charge is -2.05. The van der Waals surface area contributed by atoms with Crippen LogP contribution in [0.25, 0.3) is 10.9 Å². The molecule has 3 heteroatoms. The zero-order valence-electron chi connectivity index (χ0n) is 9.09. The zero-order valence-corrected chi connectivity index (χ0v) is 9.09. The van der Waals surface area contributed by atoms with E-state index in [1.165, 1.54) is 5.56 Å². The van der Waals surface area contributed by atoms with E-state index >= 15 is 0 Å². The predicted molar refractivity (Wildman–Crippen MR) is 62.2 cm³/mol. The summed E-state index contributed by atoms with van der Waals surface area (Å²) in [6, 6.07) is 3.63. The van der Waals surface area contributed by atoms with Gasteiger partial charge < -0.3 is 15.8 Å². The van der Waals surface area contributed by atoms with Gasteiger partial charge in [-0.1, -0.05) is 0 Å². The summed E-state index contributed by atoms with van der Waals surface area (Å²) in [6.45, 7) is 4.66. The molecule has 0 saturated carbocycles. The molecule has 0 radical (unpaired) electrons. The second-order valence-corrected chi connectivity index (χ2v) is 3.90. The number of aromatic nitrogens is 1. The van der Waals surface area contributed by atoms with E-state index in [0.717, 1.165) is 22.2 Å². The molecular formula is C12H16N2O. The van der Waals surface area contributed by atoms with Gasteiger partial charge in [0.15, 0.2) is 0 Å². The summed E-state index contributed by atoms with van der Waals surface area (Å²) in [7, 11) is 0. The average Bonchev–Trinajstić information content (AvgIpc) is 2.49. The molecule has 15 heavy (non-hydrogen) atoms. The molecule has 0 unspecified atom stereocenters. The maximum atomic E-state index is 9.80. The number of H-pyrrole nitrogens is 1. The molecule has 0 aliphatic heterocycles. The Morgan fingerprint density at radius 2 is 2.07 bits per heavy atom. The maximum absolute atomic E-state index is 9.80. The number of fused-ring (bicyclic) bond motifs is 1. The first kappa shape index (κ1) is 10.1. The van der Waals surface area contributed by atoms with E-state index in [4.69, 9.17) is 5.73 Å².